The van der Waals surface area contributed by atoms with E-state index in [4.69, 9.17) is 0 Å². The fourth-order valence-corrected chi connectivity index (χ4v) is 3.39. The zero-order valence-electron chi connectivity index (χ0n) is 12.5. The molecule has 0 radical (unpaired) electrons. The third-order valence-corrected chi connectivity index (χ3v) is 5.25. The molecule has 0 unspecified atom stereocenters. The average Bonchev–Trinajstić information content (AvgIpc) is 3.01. The van der Waals surface area contributed by atoms with Gasteiger partial charge in [-0.3, -0.25) is 4.79 Å². The highest BCUT2D eigenvalue weighted by Crippen LogP contribution is 2.10. The number of nitrogens with zero attached hydrogens (tertiary/aromatic N) is 1. The van der Waals surface area contributed by atoms with Gasteiger partial charge in [0.25, 0.3) is 5.91 Å². The minimum Gasteiger partial charge on any atom is -0.350 e. The highest BCUT2D eigenvalue weighted by molar-refractivity contribution is 7.88. The lowest BCUT2D eigenvalue weighted by molar-refractivity contribution is 0.0955. The van der Waals surface area contributed by atoms with Crippen molar-refractivity contribution in [3.05, 3.63) is 58.0 Å². The maximum Gasteiger partial charge on any atom is 0.261 e. The Labute approximate surface area is 138 Å². The van der Waals surface area contributed by atoms with Crippen molar-refractivity contribution >= 4 is 27.3 Å². The Bertz CT molecular complexity index is 744. The minimum absolute atomic E-state index is 0.133. The van der Waals surface area contributed by atoms with E-state index in [-0.39, 0.29) is 31.4 Å². The molecule has 8 heteroatoms. The Balaban J connectivity index is 1.94. The van der Waals surface area contributed by atoms with Crippen molar-refractivity contribution in [2.75, 3.05) is 19.3 Å². The van der Waals surface area contributed by atoms with E-state index in [1.165, 1.54) is 39.9 Å². The molecule has 0 aliphatic rings. The molecule has 23 heavy (non-hydrogen) atoms. The van der Waals surface area contributed by atoms with Gasteiger partial charge in [0.15, 0.2) is 0 Å². The van der Waals surface area contributed by atoms with E-state index in [2.05, 4.69) is 5.32 Å². The van der Waals surface area contributed by atoms with Crippen LogP contribution in [-0.4, -0.2) is 38.0 Å². The molecule has 0 aliphatic heterocycles. The first kappa shape index (κ1) is 17.6. The van der Waals surface area contributed by atoms with Gasteiger partial charge in [0.2, 0.25) is 10.0 Å². The van der Waals surface area contributed by atoms with Gasteiger partial charge in [-0.05, 0) is 29.1 Å². The van der Waals surface area contributed by atoms with E-state index in [1.807, 2.05) is 0 Å². The van der Waals surface area contributed by atoms with Gasteiger partial charge in [-0.25, -0.2) is 12.8 Å². The largest absolute Gasteiger partial charge is 0.350 e. The van der Waals surface area contributed by atoms with Gasteiger partial charge >= 0.3 is 0 Å². The Hall–Kier alpha value is -1.77. The molecule has 1 amide bonds. The molecule has 1 heterocycles. The van der Waals surface area contributed by atoms with Gasteiger partial charge in [0.05, 0.1) is 11.1 Å². The van der Waals surface area contributed by atoms with E-state index in [0.717, 1.165) is 6.26 Å². The maximum absolute atomic E-state index is 12.9. The summed E-state index contributed by atoms with van der Waals surface area (Å²) >= 11 is 1.32. The van der Waals surface area contributed by atoms with Crippen LogP contribution >= 0.6 is 11.3 Å². The summed E-state index contributed by atoms with van der Waals surface area (Å²) in [6.07, 6.45) is 1.11. The molecule has 1 aromatic carbocycles. The molecular weight excluding hydrogens is 339 g/mol. The van der Waals surface area contributed by atoms with E-state index < -0.39 is 10.0 Å². The first-order valence-corrected chi connectivity index (χ1v) is 9.60. The molecule has 1 aromatic heterocycles. The molecule has 2 rings (SSSR count). The Morgan fingerprint density at radius 1 is 1.26 bits per heavy atom. The summed E-state index contributed by atoms with van der Waals surface area (Å²) in [6, 6.07) is 9.13. The van der Waals surface area contributed by atoms with E-state index in [0.29, 0.717) is 10.4 Å². The average molecular weight is 356 g/mol. The van der Waals surface area contributed by atoms with Crippen LogP contribution in [0.4, 0.5) is 4.39 Å². The summed E-state index contributed by atoms with van der Waals surface area (Å²) in [5.41, 5.74) is 0.682. The van der Waals surface area contributed by atoms with Crippen molar-refractivity contribution in [2.45, 2.75) is 6.54 Å². The first-order valence-electron chi connectivity index (χ1n) is 6.87. The van der Waals surface area contributed by atoms with Crippen LogP contribution in [0.3, 0.4) is 0 Å². The number of nitrogens with one attached hydrogen (secondary N) is 1. The SMILES string of the molecule is CS(=O)(=O)N(CCNC(=O)c1cccs1)Cc1ccc(F)cc1. The molecule has 0 bridgehead atoms. The number of halogens is 1. The molecule has 1 N–H and O–H groups in total. The Morgan fingerprint density at radius 2 is 1.96 bits per heavy atom. The smallest absolute Gasteiger partial charge is 0.261 e. The lowest BCUT2D eigenvalue weighted by Crippen LogP contribution is -2.37. The van der Waals surface area contributed by atoms with Crippen LogP contribution in [0.5, 0.6) is 0 Å². The Kier molecular flexibility index (Phi) is 5.86. The van der Waals surface area contributed by atoms with Crippen molar-refractivity contribution in [3.63, 3.8) is 0 Å². The van der Waals surface area contributed by atoms with Crippen molar-refractivity contribution < 1.29 is 17.6 Å². The van der Waals surface area contributed by atoms with Crippen molar-refractivity contribution in [1.82, 2.24) is 9.62 Å². The van der Waals surface area contributed by atoms with Gasteiger partial charge in [-0.2, -0.15) is 4.31 Å². The third kappa shape index (κ3) is 5.42. The van der Waals surface area contributed by atoms with Gasteiger partial charge in [0, 0.05) is 19.6 Å². The van der Waals surface area contributed by atoms with E-state index >= 15 is 0 Å². The molecule has 124 valence electrons. The normalized spacial score (nSPS) is 11.6. The lowest BCUT2D eigenvalue weighted by atomic mass is 10.2. The van der Waals surface area contributed by atoms with Gasteiger partial charge in [-0.15, -0.1) is 11.3 Å². The second kappa shape index (κ2) is 7.67. The fraction of sp³-hybridized carbons (Fsp3) is 0.267. The Morgan fingerprint density at radius 3 is 2.52 bits per heavy atom. The number of sulfonamides is 1. The van der Waals surface area contributed by atoms with Gasteiger partial charge in [-0.1, -0.05) is 18.2 Å². The molecule has 5 nitrogen and oxygen atoms in total. The number of hydrogen-bond acceptors (Lipinski definition) is 4. The number of amides is 1. The standard InChI is InChI=1S/C15H17FN2O3S2/c1-23(20,21)18(11-12-4-6-13(16)7-5-12)9-8-17-15(19)14-3-2-10-22-14/h2-7,10H,8-9,11H2,1H3,(H,17,19). The monoisotopic (exact) mass is 356 g/mol. The number of benzene rings is 1. The maximum atomic E-state index is 12.9. The second-order valence-corrected chi connectivity index (χ2v) is 7.89. The van der Waals surface area contributed by atoms with Gasteiger partial charge in [0.1, 0.15) is 5.82 Å². The number of rotatable bonds is 7. The molecule has 0 fully saturated rings. The lowest BCUT2D eigenvalue weighted by Gasteiger charge is -2.20. The van der Waals surface area contributed by atoms with Crippen LogP contribution in [0.15, 0.2) is 41.8 Å². The van der Waals surface area contributed by atoms with Crippen LogP contribution in [-0.2, 0) is 16.6 Å². The van der Waals surface area contributed by atoms with Crippen molar-refractivity contribution in [3.8, 4) is 0 Å². The highest BCUT2D eigenvalue weighted by atomic mass is 32.2. The number of thiophene rings is 1. The molecule has 0 saturated heterocycles. The highest BCUT2D eigenvalue weighted by Gasteiger charge is 2.17. The number of hydrogen-bond donors (Lipinski definition) is 1. The topological polar surface area (TPSA) is 66.5 Å². The summed E-state index contributed by atoms with van der Waals surface area (Å²) in [6.45, 7) is 0.478. The summed E-state index contributed by atoms with van der Waals surface area (Å²) < 4.78 is 37.8. The molecular formula is C15H17FN2O3S2. The molecule has 0 saturated carbocycles. The van der Waals surface area contributed by atoms with Crippen LogP contribution in [0, 0.1) is 5.82 Å². The fourth-order valence-electron chi connectivity index (χ4n) is 1.94. The number of carbonyl (C=O) groups excluding carboxylic acids is 1. The summed E-state index contributed by atoms with van der Waals surface area (Å²) in [7, 11) is -3.43. The van der Waals surface area contributed by atoms with Crippen molar-refractivity contribution in [2.24, 2.45) is 0 Å². The first-order chi connectivity index (χ1) is 10.9. The van der Waals surface area contributed by atoms with Crippen LogP contribution in [0.2, 0.25) is 0 Å². The second-order valence-electron chi connectivity index (χ2n) is 4.96. The van der Waals surface area contributed by atoms with Crippen molar-refractivity contribution in [1.29, 1.82) is 0 Å². The van der Waals surface area contributed by atoms with Gasteiger partial charge < -0.3 is 5.32 Å². The number of carbonyl (C=O) groups is 1. The van der Waals surface area contributed by atoms with Crippen LogP contribution in [0.1, 0.15) is 15.2 Å². The molecule has 0 atom stereocenters. The molecule has 2 aromatic rings. The zero-order chi connectivity index (χ0) is 16.9. The third-order valence-electron chi connectivity index (χ3n) is 3.13. The summed E-state index contributed by atoms with van der Waals surface area (Å²) in [5.74, 6) is -0.599. The predicted molar refractivity (Wildman–Crippen MR) is 88.3 cm³/mol. The summed E-state index contributed by atoms with van der Waals surface area (Å²) in [5, 5.41) is 4.49. The molecule has 0 aliphatic carbocycles. The van der Waals surface area contributed by atoms with Crippen LogP contribution in [0.25, 0.3) is 0 Å². The predicted octanol–water partition coefficient (Wildman–Crippen LogP) is 2.08. The van der Waals surface area contributed by atoms with Crippen LogP contribution < -0.4 is 5.32 Å². The zero-order valence-corrected chi connectivity index (χ0v) is 14.2. The molecule has 0 spiro atoms. The van der Waals surface area contributed by atoms with E-state index in [1.54, 1.807) is 17.5 Å². The summed E-state index contributed by atoms with van der Waals surface area (Å²) in [4.78, 5) is 12.4. The minimum atomic E-state index is -3.43. The van der Waals surface area contributed by atoms with E-state index in [9.17, 15) is 17.6 Å². The quantitative estimate of drug-likeness (QED) is 0.826.